The summed E-state index contributed by atoms with van der Waals surface area (Å²) in [7, 11) is 0. The maximum absolute atomic E-state index is 12.1. The number of anilines is 2. The topological polar surface area (TPSA) is 50.6 Å². The summed E-state index contributed by atoms with van der Waals surface area (Å²) in [6.07, 6.45) is 6.08. The van der Waals surface area contributed by atoms with Crippen molar-refractivity contribution < 1.29 is 4.79 Å². The van der Waals surface area contributed by atoms with Gasteiger partial charge in [0, 0.05) is 48.9 Å². The third-order valence-corrected chi connectivity index (χ3v) is 6.67. The Hall–Kier alpha value is -2.06. The van der Waals surface area contributed by atoms with Gasteiger partial charge < -0.3 is 14.7 Å². The van der Waals surface area contributed by atoms with Crippen LogP contribution in [0, 0.1) is 17.2 Å². The van der Waals surface area contributed by atoms with E-state index in [1.165, 1.54) is 18.5 Å². The molecule has 1 unspecified atom stereocenters. The second-order valence-corrected chi connectivity index (χ2v) is 8.33. The first kappa shape index (κ1) is 18.3. The fraction of sp³-hybridized carbons (Fsp3) is 0.636. The number of nitriles is 1. The molecule has 3 heterocycles. The Morgan fingerprint density at radius 2 is 1.56 bits per heavy atom. The Balaban J connectivity index is 1.32. The molecule has 3 fully saturated rings. The maximum Gasteiger partial charge on any atom is 0.227 e. The molecule has 1 amide bonds. The highest BCUT2D eigenvalue weighted by atomic mass is 16.2. The van der Waals surface area contributed by atoms with Crippen LogP contribution in [0.5, 0.6) is 0 Å². The van der Waals surface area contributed by atoms with E-state index in [1.54, 1.807) is 0 Å². The van der Waals surface area contributed by atoms with E-state index in [9.17, 15) is 4.79 Å². The van der Waals surface area contributed by atoms with E-state index in [2.05, 4.69) is 47.1 Å². The molecule has 27 heavy (non-hydrogen) atoms. The van der Waals surface area contributed by atoms with E-state index in [0.717, 1.165) is 51.1 Å². The van der Waals surface area contributed by atoms with Gasteiger partial charge in [-0.3, -0.25) is 4.79 Å². The minimum absolute atomic E-state index is 0.247. The van der Waals surface area contributed by atoms with Crippen LogP contribution in [0.1, 0.15) is 45.4 Å². The largest absolute Gasteiger partial charge is 0.371 e. The zero-order chi connectivity index (χ0) is 18.8. The molecule has 5 nitrogen and oxygen atoms in total. The number of benzene rings is 1. The van der Waals surface area contributed by atoms with Crippen LogP contribution in [-0.4, -0.2) is 49.1 Å². The van der Waals surface area contributed by atoms with E-state index in [0.29, 0.717) is 18.5 Å². The molecule has 3 aliphatic heterocycles. The molecule has 144 valence electrons. The molecule has 0 N–H and O–H groups in total. The molecule has 0 aromatic heterocycles. The number of rotatable bonds is 3. The van der Waals surface area contributed by atoms with Gasteiger partial charge in [0.25, 0.3) is 0 Å². The van der Waals surface area contributed by atoms with E-state index < -0.39 is 0 Å². The Labute approximate surface area is 162 Å². The number of hydrogen-bond donors (Lipinski definition) is 0. The molecular weight excluding hydrogens is 336 g/mol. The van der Waals surface area contributed by atoms with Gasteiger partial charge in [-0.05, 0) is 76.4 Å². The minimum atomic E-state index is 0.247. The molecule has 0 aliphatic carbocycles. The predicted octanol–water partition coefficient (Wildman–Crippen LogP) is 3.41. The molecule has 1 atom stereocenters. The van der Waals surface area contributed by atoms with Crippen LogP contribution in [0.15, 0.2) is 24.3 Å². The molecule has 0 radical (unpaired) electrons. The SMILES string of the molecule is CC1CCC(=O)N1c1ccc(N2CCC(N3CCC(C#N)CC3)CC2)cc1. The summed E-state index contributed by atoms with van der Waals surface area (Å²) in [6, 6.07) is 12.0. The number of carbonyl (C=O) groups excluding carboxylic acids is 1. The maximum atomic E-state index is 12.1. The number of carbonyl (C=O) groups is 1. The zero-order valence-electron chi connectivity index (χ0n) is 16.3. The van der Waals surface area contributed by atoms with Gasteiger partial charge in [0.15, 0.2) is 0 Å². The minimum Gasteiger partial charge on any atom is -0.371 e. The van der Waals surface area contributed by atoms with Gasteiger partial charge in [-0.1, -0.05) is 0 Å². The van der Waals surface area contributed by atoms with E-state index >= 15 is 0 Å². The lowest BCUT2D eigenvalue weighted by molar-refractivity contribution is -0.117. The molecule has 3 saturated heterocycles. The number of nitrogens with zero attached hydrogens (tertiary/aromatic N) is 4. The fourth-order valence-corrected chi connectivity index (χ4v) is 4.93. The highest BCUT2D eigenvalue weighted by molar-refractivity contribution is 5.96. The smallest absolute Gasteiger partial charge is 0.227 e. The Morgan fingerprint density at radius 1 is 0.926 bits per heavy atom. The Bertz CT molecular complexity index is 694. The average molecular weight is 367 g/mol. The van der Waals surface area contributed by atoms with Crippen LogP contribution in [0.2, 0.25) is 0 Å². The third kappa shape index (κ3) is 3.82. The number of piperidine rings is 2. The summed E-state index contributed by atoms with van der Waals surface area (Å²) >= 11 is 0. The first-order valence-electron chi connectivity index (χ1n) is 10.5. The highest BCUT2D eigenvalue weighted by Crippen LogP contribution is 2.30. The average Bonchev–Trinajstić information content (AvgIpc) is 3.06. The highest BCUT2D eigenvalue weighted by Gasteiger charge is 2.30. The number of hydrogen-bond acceptors (Lipinski definition) is 4. The van der Waals surface area contributed by atoms with Gasteiger partial charge in [-0.15, -0.1) is 0 Å². The van der Waals surface area contributed by atoms with Gasteiger partial charge in [-0.25, -0.2) is 0 Å². The standard InChI is InChI=1S/C22H30N4O/c1-17-2-7-22(27)26(17)21-5-3-19(4-6-21)25-14-10-20(11-15-25)24-12-8-18(16-23)9-13-24/h3-6,17-18,20H,2,7-15H2,1H3. The van der Waals surface area contributed by atoms with Gasteiger partial charge in [-0.2, -0.15) is 5.26 Å². The van der Waals surface area contributed by atoms with Crippen molar-refractivity contribution >= 4 is 17.3 Å². The molecule has 3 aliphatic rings. The molecule has 0 bridgehead atoms. The third-order valence-electron chi connectivity index (χ3n) is 6.67. The normalized spacial score (nSPS) is 25.8. The Morgan fingerprint density at radius 3 is 2.11 bits per heavy atom. The summed E-state index contributed by atoms with van der Waals surface area (Å²) in [4.78, 5) is 19.1. The van der Waals surface area contributed by atoms with Crippen molar-refractivity contribution in [2.75, 3.05) is 36.0 Å². The van der Waals surface area contributed by atoms with Crippen molar-refractivity contribution in [3.05, 3.63) is 24.3 Å². The summed E-state index contributed by atoms with van der Waals surface area (Å²) in [5.41, 5.74) is 2.30. The summed E-state index contributed by atoms with van der Waals surface area (Å²) in [5.74, 6) is 0.515. The quantitative estimate of drug-likeness (QED) is 0.823. The van der Waals surface area contributed by atoms with Crippen LogP contribution in [-0.2, 0) is 4.79 Å². The lowest BCUT2D eigenvalue weighted by Crippen LogP contribution is -2.47. The lowest BCUT2D eigenvalue weighted by Gasteiger charge is -2.41. The van der Waals surface area contributed by atoms with Crippen molar-refractivity contribution in [2.24, 2.45) is 5.92 Å². The van der Waals surface area contributed by atoms with Crippen molar-refractivity contribution in [2.45, 2.75) is 57.5 Å². The van der Waals surface area contributed by atoms with Crippen molar-refractivity contribution in [3.63, 3.8) is 0 Å². The van der Waals surface area contributed by atoms with Crippen LogP contribution in [0.3, 0.4) is 0 Å². The van der Waals surface area contributed by atoms with Crippen molar-refractivity contribution in [3.8, 4) is 6.07 Å². The monoisotopic (exact) mass is 366 g/mol. The molecule has 5 heteroatoms. The van der Waals surface area contributed by atoms with Gasteiger partial charge in [0.2, 0.25) is 5.91 Å². The first-order valence-corrected chi connectivity index (χ1v) is 10.5. The van der Waals surface area contributed by atoms with Crippen LogP contribution < -0.4 is 9.80 Å². The molecule has 1 aromatic rings. The Kier molecular flexibility index (Phi) is 5.36. The fourth-order valence-electron chi connectivity index (χ4n) is 4.93. The van der Waals surface area contributed by atoms with E-state index in [-0.39, 0.29) is 11.8 Å². The van der Waals surface area contributed by atoms with Crippen molar-refractivity contribution in [1.82, 2.24) is 4.90 Å². The number of likely N-dealkylation sites (tertiary alicyclic amines) is 1. The van der Waals surface area contributed by atoms with Gasteiger partial charge in [0.1, 0.15) is 0 Å². The van der Waals surface area contributed by atoms with Crippen LogP contribution in [0.25, 0.3) is 0 Å². The molecule has 4 rings (SSSR count). The van der Waals surface area contributed by atoms with Crippen LogP contribution >= 0.6 is 0 Å². The van der Waals surface area contributed by atoms with Crippen LogP contribution in [0.4, 0.5) is 11.4 Å². The summed E-state index contributed by atoms with van der Waals surface area (Å²) < 4.78 is 0. The van der Waals surface area contributed by atoms with E-state index in [1.807, 2.05) is 4.90 Å². The molecule has 0 saturated carbocycles. The van der Waals surface area contributed by atoms with Crippen molar-refractivity contribution in [1.29, 1.82) is 5.26 Å². The molecule has 1 aromatic carbocycles. The second kappa shape index (κ2) is 7.90. The second-order valence-electron chi connectivity index (χ2n) is 8.33. The lowest BCUT2D eigenvalue weighted by atomic mass is 9.94. The summed E-state index contributed by atoms with van der Waals surface area (Å²) in [5, 5.41) is 9.07. The van der Waals surface area contributed by atoms with Gasteiger partial charge >= 0.3 is 0 Å². The van der Waals surface area contributed by atoms with E-state index in [4.69, 9.17) is 5.26 Å². The molecule has 0 spiro atoms. The first-order chi connectivity index (χ1) is 13.2. The predicted molar refractivity (Wildman–Crippen MR) is 108 cm³/mol. The summed E-state index contributed by atoms with van der Waals surface area (Å²) in [6.45, 7) is 6.46. The molecular formula is C22H30N4O. The zero-order valence-corrected chi connectivity index (χ0v) is 16.3. The number of amides is 1. The van der Waals surface area contributed by atoms with Gasteiger partial charge in [0.05, 0.1) is 6.07 Å².